The summed E-state index contributed by atoms with van der Waals surface area (Å²) < 4.78 is 11.5. The molecule has 5 heteroatoms. The van der Waals surface area contributed by atoms with Gasteiger partial charge in [-0.05, 0) is 19.1 Å². The molecule has 0 fully saturated rings. The summed E-state index contributed by atoms with van der Waals surface area (Å²) in [6.45, 7) is 4.91. The number of fused-ring (bicyclic) bond motifs is 2. The number of urea groups is 1. The minimum Gasteiger partial charge on any atom is -0.493 e. The molecule has 2 aliphatic rings. The Balaban J connectivity index is 1.40. The van der Waals surface area contributed by atoms with Crippen LogP contribution in [0.2, 0.25) is 0 Å². The largest absolute Gasteiger partial charge is 0.493 e. The molecule has 2 heterocycles. The third-order valence-electron chi connectivity index (χ3n) is 4.78. The quantitative estimate of drug-likeness (QED) is 0.915. The highest BCUT2D eigenvalue weighted by atomic mass is 16.5. The molecule has 0 aromatic heterocycles. The number of para-hydroxylation sites is 1. The molecule has 0 spiro atoms. The first kappa shape index (κ1) is 15.8. The first-order valence-electron chi connectivity index (χ1n) is 8.67. The molecule has 0 radical (unpaired) electrons. The zero-order valence-corrected chi connectivity index (χ0v) is 14.3. The van der Waals surface area contributed by atoms with Gasteiger partial charge in [-0.1, -0.05) is 35.9 Å². The van der Waals surface area contributed by atoms with Gasteiger partial charge in [0.15, 0.2) is 0 Å². The lowest BCUT2D eigenvalue weighted by Gasteiger charge is -2.21. The van der Waals surface area contributed by atoms with Gasteiger partial charge < -0.3 is 19.7 Å². The first-order valence-corrected chi connectivity index (χ1v) is 8.67. The van der Waals surface area contributed by atoms with E-state index >= 15 is 0 Å². The van der Waals surface area contributed by atoms with Crippen LogP contribution in [0, 0.1) is 6.92 Å². The molecule has 4 rings (SSSR count). The Morgan fingerprint density at radius 3 is 3.00 bits per heavy atom. The zero-order valence-electron chi connectivity index (χ0n) is 14.3. The average molecular weight is 338 g/mol. The van der Waals surface area contributed by atoms with E-state index in [1.165, 1.54) is 11.1 Å². The second kappa shape index (κ2) is 6.67. The SMILES string of the molecule is Cc1ccc2c(c1)CN(C(=O)NCC1COc3ccccc31)CCO2. The fraction of sp³-hybridized carbons (Fsp3) is 0.350. The Bertz CT molecular complexity index is 790. The summed E-state index contributed by atoms with van der Waals surface area (Å²) in [6.07, 6.45) is 0. The summed E-state index contributed by atoms with van der Waals surface area (Å²) in [5.74, 6) is 2.01. The number of rotatable bonds is 2. The fourth-order valence-electron chi connectivity index (χ4n) is 3.42. The lowest BCUT2D eigenvalue weighted by molar-refractivity contribution is 0.186. The van der Waals surface area contributed by atoms with Crippen molar-refractivity contribution in [3.05, 3.63) is 59.2 Å². The Labute approximate surface area is 147 Å². The molecule has 0 aliphatic carbocycles. The molecular formula is C20H22N2O3. The van der Waals surface area contributed by atoms with Gasteiger partial charge in [-0.3, -0.25) is 0 Å². The van der Waals surface area contributed by atoms with Crippen LogP contribution in [0.1, 0.15) is 22.6 Å². The maximum Gasteiger partial charge on any atom is 0.317 e. The summed E-state index contributed by atoms with van der Waals surface area (Å²) in [6, 6.07) is 14.1. The number of nitrogens with one attached hydrogen (secondary N) is 1. The van der Waals surface area contributed by atoms with Crippen LogP contribution in [0.4, 0.5) is 4.79 Å². The number of hydrogen-bond acceptors (Lipinski definition) is 3. The van der Waals surface area contributed by atoms with E-state index in [9.17, 15) is 4.79 Å². The minimum absolute atomic E-state index is 0.0534. The Morgan fingerprint density at radius 2 is 2.08 bits per heavy atom. The van der Waals surface area contributed by atoms with Gasteiger partial charge >= 0.3 is 6.03 Å². The smallest absolute Gasteiger partial charge is 0.317 e. The lowest BCUT2D eigenvalue weighted by atomic mass is 10.0. The molecule has 2 amide bonds. The van der Waals surface area contributed by atoms with E-state index in [0.717, 1.165) is 17.1 Å². The normalized spacial score (nSPS) is 18.4. The van der Waals surface area contributed by atoms with Crippen LogP contribution in [0.3, 0.4) is 0 Å². The number of aryl methyl sites for hydroxylation is 1. The van der Waals surface area contributed by atoms with Gasteiger partial charge in [-0.25, -0.2) is 4.79 Å². The van der Waals surface area contributed by atoms with Crippen LogP contribution in [0.25, 0.3) is 0 Å². The van der Waals surface area contributed by atoms with Gasteiger partial charge in [0.25, 0.3) is 0 Å². The van der Waals surface area contributed by atoms with Crippen LogP contribution in [-0.2, 0) is 6.54 Å². The number of nitrogens with zero attached hydrogens (tertiary/aromatic N) is 1. The molecule has 2 aromatic carbocycles. The average Bonchev–Trinajstić information content (AvgIpc) is 2.91. The fourth-order valence-corrected chi connectivity index (χ4v) is 3.42. The van der Waals surface area contributed by atoms with E-state index in [1.54, 1.807) is 0 Å². The number of benzene rings is 2. The molecular weight excluding hydrogens is 316 g/mol. The maximum atomic E-state index is 12.6. The van der Waals surface area contributed by atoms with Crippen molar-refractivity contribution in [2.75, 3.05) is 26.3 Å². The molecule has 1 unspecified atom stereocenters. The van der Waals surface area contributed by atoms with Gasteiger partial charge in [0.1, 0.15) is 18.1 Å². The molecule has 1 N–H and O–H groups in total. The standard InChI is InChI=1S/C20H22N2O3/c1-14-6-7-18-15(10-14)12-22(8-9-24-18)20(23)21-11-16-13-25-19-5-3-2-4-17(16)19/h2-7,10,16H,8-9,11-13H2,1H3,(H,21,23). The van der Waals surface area contributed by atoms with Crippen molar-refractivity contribution >= 4 is 6.03 Å². The van der Waals surface area contributed by atoms with Gasteiger partial charge in [0.05, 0.1) is 19.7 Å². The monoisotopic (exact) mass is 338 g/mol. The zero-order chi connectivity index (χ0) is 17.2. The van der Waals surface area contributed by atoms with E-state index in [1.807, 2.05) is 42.2 Å². The summed E-state index contributed by atoms with van der Waals surface area (Å²) in [5, 5.41) is 3.06. The van der Waals surface area contributed by atoms with Crippen LogP contribution in [0.15, 0.2) is 42.5 Å². The van der Waals surface area contributed by atoms with Crippen molar-refractivity contribution in [1.29, 1.82) is 0 Å². The van der Waals surface area contributed by atoms with Gasteiger partial charge in [-0.2, -0.15) is 0 Å². The predicted molar refractivity (Wildman–Crippen MR) is 95.2 cm³/mol. The van der Waals surface area contributed by atoms with Crippen LogP contribution < -0.4 is 14.8 Å². The first-order chi connectivity index (χ1) is 12.2. The van der Waals surface area contributed by atoms with Crippen LogP contribution >= 0.6 is 0 Å². The Kier molecular flexibility index (Phi) is 4.22. The van der Waals surface area contributed by atoms with Gasteiger partial charge in [-0.15, -0.1) is 0 Å². The highest BCUT2D eigenvalue weighted by molar-refractivity contribution is 5.74. The minimum atomic E-state index is -0.0534. The Hall–Kier alpha value is -2.69. The highest BCUT2D eigenvalue weighted by Crippen LogP contribution is 2.33. The molecule has 2 aliphatic heterocycles. The van der Waals surface area contributed by atoms with Crippen molar-refractivity contribution in [2.24, 2.45) is 0 Å². The van der Waals surface area contributed by atoms with Crippen molar-refractivity contribution in [2.45, 2.75) is 19.4 Å². The summed E-state index contributed by atoms with van der Waals surface area (Å²) in [4.78, 5) is 14.4. The molecule has 0 saturated heterocycles. The number of hydrogen-bond donors (Lipinski definition) is 1. The third-order valence-corrected chi connectivity index (χ3v) is 4.78. The van der Waals surface area contributed by atoms with Crippen molar-refractivity contribution in [3.8, 4) is 11.5 Å². The van der Waals surface area contributed by atoms with Crippen molar-refractivity contribution < 1.29 is 14.3 Å². The number of ether oxygens (including phenoxy) is 2. The van der Waals surface area contributed by atoms with E-state index in [4.69, 9.17) is 9.47 Å². The number of amides is 2. The number of carbonyl (C=O) groups is 1. The molecule has 0 bridgehead atoms. The molecule has 130 valence electrons. The topological polar surface area (TPSA) is 50.8 Å². The Morgan fingerprint density at radius 1 is 1.20 bits per heavy atom. The second-order valence-electron chi connectivity index (χ2n) is 6.61. The molecule has 1 atom stereocenters. The highest BCUT2D eigenvalue weighted by Gasteiger charge is 2.25. The van der Waals surface area contributed by atoms with E-state index in [2.05, 4.69) is 17.4 Å². The summed E-state index contributed by atoms with van der Waals surface area (Å²) >= 11 is 0. The third kappa shape index (κ3) is 3.27. The van der Waals surface area contributed by atoms with Crippen LogP contribution in [0.5, 0.6) is 11.5 Å². The van der Waals surface area contributed by atoms with E-state index in [-0.39, 0.29) is 11.9 Å². The van der Waals surface area contributed by atoms with E-state index in [0.29, 0.717) is 32.8 Å². The molecule has 2 aromatic rings. The maximum absolute atomic E-state index is 12.6. The predicted octanol–water partition coefficient (Wildman–Crippen LogP) is 3.08. The van der Waals surface area contributed by atoms with Gasteiger partial charge in [0.2, 0.25) is 0 Å². The summed E-state index contributed by atoms with van der Waals surface area (Å²) in [5.41, 5.74) is 3.40. The van der Waals surface area contributed by atoms with Crippen molar-refractivity contribution in [1.82, 2.24) is 10.2 Å². The van der Waals surface area contributed by atoms with Crippen molar-refractivity contribution in [3.63, 3.8) is 0 Å². The van der Waals surface area contributed by atoms with Crippen LogP contribution in [-0.4, -0.2) is 37.2 Å². The molecule has 5 nitrogen and oxygen atoms in total. The van der Waals surface area contributed by atoms with Gasteiger partial charge in [0, 0.05) is 23.6 Å². The second-order valence-corrected chi connectivity index (χ2v) is 6.61. The van der Waals surface area contributed by atoms with E-state index < -0.39 is 0 Å². The number of carbonyl (C=O) groups excluding carboxylic acids is 1. The molecule has 25 heavy (non-hydrogen) atoms. The summed E-state index contributed by atoms with van der Waals surface area (Å²) in [7, 11) is 0. The lowest BCUT2D eigenvalue weighted by Crippen LogP contribution is -2.42. The molecule has 0 saturated carbocycles.